The van der Waals surface area contributed by atoms with Crippen LogP contribution in [-0.2, 0) is 9.59 Å². The minimum absolute atomic E-state index is 0.0201. The predicted molar refractivity (Wildman–Crippen MR) is 85.2 cm³/mol. The van der Waals surface area contributed by atoms with Crippen molar-refractivity contribution in [3.05, 3.63) is 34.4 Å². The zero-order valence-corrected chi connectivity index (χ0v) is 13.1. The molecule has 1 rings (SSSR count). The highest BCUT2D eigenvalue weighted by molar-refractivity contribution is 5.93. The summed E-state index contributed by atoms with van der Waals surface area (Å²) in [6.45, 7) is 3.89. The summed E-state index contributed by atoms with van der Waals surface area (Å²) < 4.78 is 0. The standard InChI is InChI=1S/C15H21N3O5/c1-3-10(2)14(15(20)21)16-9-8-13(19)17-11-6-4-5-7-12(11)18(22)23/h4-7,10,14,16H,3,8-9H2,1-2H3,(H,17,19)(H,20,21)/t10-,14-/m0/s1. The van der Waals surface area contributed by atoms with Gasteiger partial charge in [-0.15, -0.1) is 0 Å². The van der Waals surface area contributed by atoms with Crippen molar-refractivity contribution in [3.8, 4) is 0 Å². The van der Waals surface area contributed by atoms with Crippen molar-refractivity contribution >= 4 is 23.3 Å². The molecule has 0 aliphatic rings. The van der Waals surface area contributed by atoms with Gasteiger partial charge in [-0.2, -0.15) is 0 Å². The van der Waals surface area contributed by atoms with E-state index in [1.165, 1.54) is 18.2 Å². The Morgan fingerprint density at radius 2 is 2.00 bits per heavy atom. The number of nitrogens with one attached hydrogen (secondary N) is 2. The highest BCUT2D eigenvalue weighted by Crippen LogP contribution is 2.23. The summed E-state index contributed by atoms with van der Waals surface area (Å²) in [7, 11) is 0. The maximum Gasteiger partial charge on any atom is 0.320 e. The Morgan fingerprint density at radius 1 is 1.35 bits per heavy atom. The van der Waals surface area contributed by atoms with E-state index in [2.05, 4.69) is 10.6 Å². The number of hydrogen-bond donors (Lipinski definition) is 3. The fourth-order valence-corrected chi connectivity index (χ4v) is 2.06. The quantitative estimate of drug-likeness (QED) is 0.472. The first-order valence-corrected chi connectivity index (χ1v) is 7.36. The lowest BCUT2D eigenvalue weighted by Gasteiger charge is -2.19. The Kier molecular flexibility index (Phi) is 7.14. The molecule has 0 saturated carbocycles. The molecular formula is C15H21N3O5. The summed E-state index contributed by atoms with van der Waals surface area (Å²) in [6, 6.07) is 5.13. The number of anilines is 1. The number of nitro groups is 1. The third kappa shape index (κ3) is 5.67. The van der Waals surface area contributed by atoms with Crippen LogP contribution in [0.15, 0.2) is 24.3 Å². The molecule has 0 fully saturated rings. The van der Waals surface area contributed by atoms with Crippen molar-refractivity contribution in [3.63, 3.8) is 0 Å². The lowest BCUT2D eigenvalue weighted by atomic mass is 9.99. The van der Waals surface area contributed by atoms with E-state index in [9.17, 15) is 19.7 Å². The van der Waals surface area contributed by atoms with E-state index in [4.69, 9.17) is 5.11 Å². The van der Waals surface area contributed by atoms with Crippen molar-refractivity contribution in [1.82, 2.24) is 5.32 Å². The zero-order chi connectivity index (χ0) is 17.4. The van der Waals surface area contributed by atoms with Crippen molar-refractivity contribution in [2.45, 2.75) is 32.7 Å². The molecule has 0 heterocycles. The number of nitro benzene ring substituents is 1. The molecule has 8 heteroatoms. The van der Waals surface area contributed by atoms with Gasteiger partial charge >= 0.3 is 5.97 Å². The molecule has 1 aromatic carbocycles. The molecule has 1 amide bonds. The minimum Gasteiger partial charge on any atom is -0.480 e. The van der Waals surface area contributed by atoms with Gasteiger partial charge in [-0.05, 0) is 12.0 Å². The van der Waals surface area contributed by atoms with E-state index < -0.39 is 22.8 Å². The van der Waals surface area contributed by atoms with Crippen LogP contribution < -0.4 is 10.6 Å². The Bertz CT molecular complexity index is 576. The largest absolute Gasteiger partial charge is 0.480 e. The van der Waals surface area contributed by atoms with Crippen LogP contribution in [0.3, 0.4) is 0 Å². The van der Waals surface area contributed by atoms with E-state index in [0.29, 0.717) is 6.42 Å². The zero-order valence-electron chi connectivity index (χ0n) is 13.1. The Balaban J connectivity index is 2.55. The normalized spacial score (nSPS) is 13.1. The highest BCUT2D eigenvalue weighted by atomic mass is 16.6. The molecule has 8 nitrogen and oxygen atoms in total. The van der Waals surface area contributed by atoms with Gasteiger partial charge in [0.2, 0.25) is 5.91 Å². The first kappa shape index (κ1) is 18.6. The predicted octanol–water partition coefficient (Wildman–Crippen LogP) is 2.01. The van der Waals surface area contributed by atoms with Crippen LogP contribution in [0.4, 0.5) is 11.4 Å². The van der Waals surface area contributed by atoms with Crippen molar-refractivity contribution in [1.29, 1.82) is 0 Å². The average Bonchev–Trinajstić information content (AvgIpc) is 2.50. The van der Waals surface area contributed by atoms with Crippen LogP contribution >= 0.6 is 0 Å². The summed E-state index contributed by atoms with van der Waals surface area (Å²) >= 11 is 0. The van der Waals surface area contributed by atoms with E-state index in [1.54, 1.807) is 6.07 Å². The number of carboxylic acids is 1. The molecule has 3 N–H and O–H groups in total. The molecule has 0 unspecified atom stereocenters. The van der Waals surface area contributed by atoms with Crippen LogP contribution in [-0.4, -0.2) is 34.5 Å². The summed E-state index contributed by atoms with van der Waals surface area (Å²) in [6.07, 6.45) is 0.721. The number of nitrogens with zero attached hydrogens (tertiary/aromatic N) is 1. The molecule has 0 aliphatic carbocycles. The highest BCUT2D eigenvalue weighted by Gasteiger charge is 2.23. The second kappa shape index (κ2) is 8.84. The van der Waals surface area contributed by atoms with Crippen LogP contribution in [0.5, 0.6) is 0 Å². The SMILES string of the molecule is CC[C@H](C)[C@H](NCCC(=O)Nc1ccccc1[N+](=O)[O-])C(=O)O. The summed E-state index contributed by atoms with van der Waals surface area (Å²) in [5, 5.41) is 25.3. The smallest absolute Gasteiger partial charge is 0.320 e. The van der Waals surface area contributed by atoms with Crippen LogP contribution in [0.25, 0.3) is 0 Å². The second-order valence-corrected chi connectivity index (χ2v) is 5.23. The van der Waals surface area contributed by atoms with Crippen LogP contribution in [0.2, 0.25) is 0 Å². The summed E-state index contributed by atoms with van der Waals surface area (Å²) in [4.78, 5) is 33.3. The number of carbonyl (C=O) groups excluding carboxylic acids is 1. The van der Waals surface area contributed by atoms with Gasteiger partial charge < -0.3 is 15.7 Å². The fraction of sp³-hybridized carbons (Fsp3) is 0.467. The van der Waals surface area contributed by atoms with E-state index >= 15 is 0 Å². The number of amides is 1. The van der Waals surface area contributed by atoms with Gasteiger partial charge in [0.05, 0.1) is 4.92 Å². The lowest BCUT2D eigenvalue weighted by molar-refractivity contribution is -0.383. The number of hydrogen-bond acceptors (Lipinski definition) is 5. The number of carbonyl (C=O) groups is 2. The number of benzene rings is 1. The van der Waals surface area contributed by atoms with Gasteiger partial charge in [-0.1, -0.05) is 32.4 Å². The van der Waals surface area contributed by atoms with Gasteiger partial charge in [-0.3, -0.25) is 19.7 Å². The summed E-state index contributed by atoms with van der Waals surface area (Å²) in [5.74, 6) is -1.44. The van der Waals surface area contributed by atoms with Crippen LogP contribution in [0.1, 0.15) is 26.7 Å². The molecule has 126 valence electrons. The number of para-hydroxylation sites is 2. The van der Waals surface area contributed by atoms with Crippen molar-refractivity contribution in [2.24, 2.45) is 5.92 Å². The van der Waals surface area contributed by atoms with E-state index in [0.717, 1.165) is 0 Å². The molecule has 0 bridgehead atoms. The third-order valence-corrected chi connectivity index (χ3v) is 3.57. The molecule has 0 spiro atoms. The average molecular weight is 323 g/mol. The molecule has 0 radical (unpaired) electrons. The maximum atomic E-state index is 11.9. The molecular weight excluding hydrogens is 302 g/mol. The van der Waals surface area contributed by atoms with Gasteiger partial charge in [0, 0.05) is 19.0 Å². The van der Waals surface area contributed by atoms with E-state index in [1.807, 2.05) is 13.8 Å². The van der Waals surface area contributed by atoms with Crippen molar-refractivity contribution < 1.29 is 19.6 Å². The molecule has 0 aliphatic heterocycles. The molecule has 0 aromatic heterocycles. The Morgan fingerprint density at radius 3 is 2.57 bits per heavy atom. The topological polar surface area (TPSA) is 122 Å². The van der Waals surface area contributed by atoms with Crippen LogP contribution in [0, 0.1) is 16.0 Å². The molecule has 2 atom stereocenters. The van der Waals surface area contributed by atoms with Gasteiger partial charge in [0.15, 0.2) is 0 Å². The molecule has 0 saturated heterocycles. The fourth-order valence-electron chi connectivity index (χ4n) is 2.06. The molecule has 23 heavy (non-hydrogen) atoms. The number of carboxylic acid groups (broad SMARTS) is 1. The Labute approximate surface area is 134 Å². The molecule has 1 aromatic rings. The number of rotatable bonds is 9. The van der Waals surface area contributed by atoms with Gasteiger partial charge in [0.25, 0.3) is 5.69 Å². The summed E-state index contributed by atoms with van der Waals surface area (Å²) in [5.41, 5.74) is -0.0592. The third-order valence-electron chi connectivity index (χ3n) is 3.57. The monoisotopic (exact) mass is 323 g/mol. The first-order valence-electron chi connectivity index (χ1n) is 7.36. The number of aliphatic carboxylic acids is 1. The minimum atomic E-state index is -0.960. The van der Waals surface area contributed by atoms with E-state index in [-0.39, 0.29) is 30.3 Å². The Hall–Kier alpha value is -2.48. The second-order valence-electron chi connectivity index (χ2n) is 5.23. The van der Waals surface area contributed by atoms with Gasteiger partial charge in [-0.25, -0.2) is 0 Å². The lowest BCUT2D eigenvalue weighted by Crippen LogP contribution is -2.42. The van der Waals surface area contributed by atoms with Crippen molar-refractivity contribution in [2.75, 3.05) is 11.9 Å². The first-order chi connectivity index (χ1) is 10.9. The maximum absolute atomic E-state index is 11.9. The van der Waals surface area contributed by atoms with Gasteiger partial charge in [0.1, 0.15) is 11.7 Å².